The Hall–Kier alpha value is -1.56. The van der Waals surface area contributed by atoms with E-state index in [0.717, 1.165) is 0 Å². The van der Waals surface area contributed by atoms with E-state index in [2.05, 4.69) is 11.9 Å². The zero-order valence-corrected chi connectivity index (χ0v) is 11.9. The second-order valence-electron chi connectivity index (χ2n) is 4.40. The molecular weight excluding hydrogens is 248 g/mol. The summed E-state index contributed by atoms with van der Waals surface area (Å²) in [7, 11) is 0. The summed E-state index contributed by atoms with van der Waals surface area (Å²) in [5.74, 6) is -0.945. The number of rotatable bonds is 9. The number of nitrogens with one attached hydrogen (secondary N) is 1. The lowest BCUT2D eigenvalue weighted by atomic mass is 10.2. The van der Waals surface area contributed by atoms with Crippen LogP contribution >= 0.6 is 0 Å². The Labute approximate surface area is 114 Å². The lowest BCUT2D eigenvalue weighted by molar-refractivity contribution is -0.140. The van der Waals surface area contributed by atoms with E-state index in [0.29, 0.717) is 13.2 Å². The average molecular weight is 272 g/mol. The molecule has 19 heavy (non-hydrogen) atoms. The smallest absolute Gasteiger partial charge is 0.318 e. The third kappa shape index (κ3) is 7.46. The van der Waals surface area contributed by atoms with Gasteiger partial charge in [0.25, 0.3) is 0 Å². The van der Waals surface area contributed by atoms with Crippen LogP contribution in [0.4, 0.5) is 4.79 Å². The summed E-state index contributed by atoms with van der Waals surface area (Å²) in [6.45, 7) is 10.2. The van der Waals surface area contributed by atoms with Gasteiger partial charge in [0, 0.05) is 25.7 Å². The highest BCUT2D eigenvalue weighted by Crippen LogP contribution is 2.01. The number of amides is 2. The van der Waals surface area contributed by atoms with Crippen LogP contribution in [0.3, 0.4) is 0 Å². The molecule has 2 amide bonds. The lowest BCUT2D eigenvalue weighted by Crippen LogP contribution is -2.46. The molecule has 0 aliphatic heterocycles. The van der Waals surface area contributed by atoms with Crippen LogP contribution < -0.4 is 5.32 Å². The fourth-order valence-corrected chi connectivity index (χ4v) is 1.59. The van der Waals surface area contributed by atoms with Gasteiger partial charge in [-0.3, -0.25) is 4.79 Å². The Balaban J connectivity index is 4.35. The van der Waals surface area contributed by atoms with Crippen molar-refractivity contribution in [3.8, 4) is 0 Å². The Kier molecular flexibility index (Phi) is 8.61. The zero-order chi connectivity index (χ0) is 14.8. The maximum atomic E-state index is 11.9. The van der Waals surface area contributed by atoms with Gasteiger partial charge in [-0.2, -0.15) is 0 Å². The Morgan fingerprint density at radius 3 is 2.53 bits per heavy atom. The molecule has 110 valence electrons. The van der Waals surface area contributed by atoms with Crippen molar-refractivity contribution in [1.29, 1.82) is 0 Å². The molecule has 0 fully saturated rings. The van der Waals surface area contributed by atoms with Crippen molar-refractivity contribution >= 4 is 12.0 Å². The molecule has 0 aliphatic rings. The molecular formula is C13H24N2O4. The normalized spacial score (nSPS) is 12.0. The van der Waals surface area contributed by atoms with Crippen molar-refractivity contribution in [1.82, 2.24) is 10.2 Å². The predicted octanol–water partition coefficient (Wildman–Crippen LogP) is 1.47. The molecule has 0 aromatic carbocycles. The quantitative estimate of drug-likeness (QED) is 0.623. The van der Waals surface area contributed by atoms with Crippen molar-refractivity contribution in [3.05, 3.63) is 12.7 Å². The van der Waals surface area contributed by atoms with Crippen LogP contribution in [0, 0.1) is 0 Å². The van der Waals surface area contributed by atoms with E-state index >= 15 is 0 Å². The van der Waals surface area contributed by atoms with Gasteiger partial charge in [-0.15, -0.1) is 6.58 Å². The number of carboxylic acid groups (broad SMARTS) is 1. The van der Waals surface area contributed by atoms with Gasteiger partial charge >= 0.3 is 12.0 Å². The van der Waals surface area contributed by atoms with Crippen LogP contribution in [-0.2, 0) is 9.53 Å². The first kappa shape index (κ1) is 17.4. The minimum atomic E-state index is -0.945. The SMILES string of the molecule is C=CCN(C(=O)NCC(CC(=O)O)OCC)C(C)C. The van der Waals surface area contributed by atoms with E-state index in [-0.39, 0.29) is 25.0 Å². The summed E-state index contributed by atoms with van der Waals surface area (Å²) in [6, 6.07) is -0.201. The fraction of sp³-hybridized carbons (Fsp3) is 0.692. The second kappa shape index (κ2) is 9.38. The molecule has 6 nitrogen and oxygen atoms in total. The number of hydrogen-bond acceptors (Lipinski definition) is 3. The van der Waals surface area contributed by atoms with E-state index < -0.39 is 12.1 Å². The van der Waals surface area contributed by atoms with Gasteiger partial charge in [0.15, 0.2) is 0 Å². The van der Waals surface area contributed by atoms with Crippen molar-refractivity contribution < 1.29 is 19.4 Å². The Morgan fingerprint density at radius 2 is 2.11 bits per heavy atom. The number of ether oxygens (including phenoxy) is 1. The largest absolute Gasteiger partial charge is 0.481 e. The molecule has 1 unspecified atom stereocenters. The van der Waals surface area contributed by atoms with Gasteiger partial charge in [-0.25, -0.2) is 4.79 Å². The number of hydrogen-bond donors (Lipinski definition) is 2. The second-order valence-corrected chi connectivity index (χ2v) is 4.40. The number of urea groups is 1. The summed E-state index contributed by atoms with van der Waals surface area (Å²) >= 11 is 0. The molecule has 0 bridgehead atoms. The summed E-state index contributed by atoms with van der Waals surface area (Å²) in [4.78, 5) is 24.2. The molecule has 0 rings (SSSR count). The standard InChI is InChI=1S/C13H24N2O4/c1-5-7-15(10(3)4)13(18)14-9-11(19-6-2)8-12(16)17/h5,10-11H,1,6-9H2,2-4H3,(H,14,18)(H,16,17). The van der Waals surface area contributed by atoms with Crippen LogP contribution in [0.1, 0.15) is 27.2 Å². The van der Waals surface area contributed by atoms with Crippen molar-refractivity contribution in [2.24, 2.45) is 0 Å². The number of carboxylic acids is 1. The number of aliphatic carboxylic acids is 1. The van der Waals surface area contributed by atoms with Crippen LogP contribution in [0.5, 0.6) is 0 Å². The fourth-order valence-electron chi connectivity index (χ4n) is 1.59. The van der Waals surface area contributed by atoms with E-state index in [4.69, 9.17) is 9.84 Å². The van der Waals surface area contributed by atoms with Crippen LogP contribution in [-0.4, -0.2) is 53.8 Å². The molecule has 0 aromatic heterocycles. The highest BCUT2D eigenvalue weighted by molar-refractivity contribution is 5.75. The topological polar surface area (TPSA) is 78.9 Å². The van der Waals surface area contributed by atoms with E-state index in [1.54, 1.807) is 17.9 Å². The average Bonchev–Trinajstić information content (AvgIpc) is 2.31. The monoisotopic (exact) mass is 272 g/mol. The van der Waals surface area contributed by atoms with Gasteiger partial charge < -0.3 is 20.1 Å². The molecule has 0 aromatic rings. The zero-order valence-electron chi connectivity index (χ0n) is 11.9. The van der Waals surface area contributed by atoms with Crippen molar-refractivity contribution in [2.75, 3.05) is 19.7 Å². The van der Waals surface area contributed by atoms with Gasteiger partial charge in [0.05, 0.1) is 12.5 Å². The maximum absolute atomic E-state index is 11.9. The molecule has 0 saturated heterocycles. The van der Waals surface area contributed by atoms with Crippen LogP contribution in [0.25, 0.3) is 0 Å². The number of carbonyl (C=O) groups excluding carboxylic acids is 1. The first-order chi connectivity index (χ1) is 8.92. The molecule has 2 N–H and O–H groups in total. The summed E-state index contributed by atoms with van der Waals surface area (Å²) in [5.41, 5.74) is 0. The summed E-state index contributed by atoms with van der Waals surface area (Å²) < 4.78 is 5.27. The molecule has 0 spiro atoms. The van der Waals surface area contributed by atoms with Crippen LogP contribution in [0.2, 0.25) is 0 Å². The predicted molar refractivity (Wildman–Crippen MR) is 73.1 cm³/mol. The van der Waals surface area contributed by atoms with E-state index in [1.165, 1.54) is 0 Å². The van der Waals surface area contributed by atoms with Crippen LogP contribution in [0.15, 0.2) is 12.7 Å². The molecule has 0 saturated carbocycles. The van der Waals surface area contributed by atoms with Crippen molar-refractivity contribution in [3.63, 3.8) is 0 Å². The maximum Gasteiger partial charge on any atom is 0.318 e. The summed E-state index contributed by atoms with van der Waals surface area (Å²) in [6.07, 6.45) is 1.01. The summed E-state index contributed by atoms with van der Waals surface area (Å²) in [5, 5.41) is 11.4. The molecule has 0 radical (unpaired) electrons. The van der Waals surface area contributed by atoms with E-state index in [9.17, 15) is 9.59 Å². The minimum absolute atomic E-state index is 0.0445. The molecule has 6 heteroatoms. The van der Waals surface area contributed by atoms with Gasteiger partial charge in [-0.1, -0.05) is 6.08 Å². The first-order valence-electron chi connectivity index (χ1n) is 6.41. The Morgan fingerprint density at radius 1 is 1.47 bits per heavy atom. The van der Waals surface area contributed by atoms with Gasteiger partial charge in [-0.05, 0) is 20.8 Å². The molecule has 1 atom stereocenters. The van der Waals surface area contributed by atoms with Gasteiger partial charge in [0.2, 0.25) is 0 Å². The minimum Gasteiger partial charge on any atom is -0.481 e. The number of nitrogens with zero attached hydrogens (tertiary/aromatic N) is 1. The lowest BCUT2D eigenvalue weighted by Gasteiger charge is -2.26. The molecule has 0 aliphatic carbocycles. The highest BCUT2D eigenvalue weighted by Gasteiger charge is 2.18. The Bertz CT molecular complexity index is 305. The van der Waals surface area contributed by atoms with E-state index in [1.807, 2.05) is 13.8 Å². The van der Waals surface area contributed by atoms with Gasteiger partial charge in [0.1, 0.15) is 0 Å². The van der Waals surface area contributed by atoms with Crippen molar-refractivity contribution in [2.45, 2.75) is 39.3 Å². The molecule has 0 heterocycles. The third-order valence-electron chi connectivity index (χ3n) is 2.50. The highest BCUT2D eigenvalue weighted by atomic mass is 16.5. The third-order valence-corrected chi connectivity index (χ3v) is 2.50. The first-order valence-corrected chi connectivity index (χ1v) is 6.41. The number of carbonyl (C=O) groups is 2.